The number of ether oxygens (including phenoxy) is 1. The van der Waals surface area contributed by atoms with Crippen LogP contribution in [-0.4, -0.2) is 38.6 Å². The molecule has 1 aromatic rings. The normalized spacial score (nSPS) is 9.53. The van der Waals surface area contributed by atoms with Gasteiger partial charge in [0.05, 0.1) is 13.7 Å². The van der Waals surface area contributed by atoms with Crippen molar-refractivity contribution in [3.05, 3.63) is 24.3 Å². The lowest BCUT2D eigenvalue weighted by molar-refractivity contribution is -0.126. The van der Waals surface area contributed by atoms with E-state index in [4.69, 9.17) is 4.74 Å². The van der Waals surface area contributed by atoms with Crippen molar-refractivity contribution in [2.45, 2.75) is 0 Å². The van der Waals surface area contributed by atoms with Crippen LogP contribution in [0.2, 0.25) is 0 Å². The predicted octanol–water partition coefficient (Wildman–Crippen LogP) is 1.20. The minimum absolute atomic E-state index is 0.0396. The number of nitrogens with zero attached hydrogens (tertiary/aromatic N) is 1. The highest BCUT2D eigenvalue weighted by Gasteiger charge is 2.03. The summed E-state index contributed by atoms with van der Waals surface area (Å²) in [7, 11) is 5.08. The quantitative estimate of drug-likeness (QED) is 0.808. The Morgan fingerprint density at radius 3 is 2.80 bits per heavy atom. The second-order valence-corrected chi connectivity index (χ2v) is 3.37. The molecule has 0 aliphatic rings. The third-order valence-corrected chi connectivity index (χ3v) is 2.01. The van der Waals surface area contributed by atoms with Crippen molar-refractivity contribution >= 4 is 11.6 Å². The largest absolute Gasteiger partial charge is 0.497 e. The second kappa shape index (κ2) is 5.24. The number of hydrogen-bond donors (Lipinski definition) is 1. The van der Waals surface area contributed by atoms with Gasteiger partial charge in [-0.1, -0.05) is 6.07 Å². The molecule has 0 aromatic heterocycles. The number of amides is 1. The molecule has 0 saturated heterocycles. The average molecular weight is 208 g/mol. The SMILES string of the molecule is COc1cccc(NCC(=O)N(C)C)c1. The number of rotatable bonds is 4. The Hall–Kier alpha value is -1.71. The van der Waals surface area contributed by atoms with Crippen molar-refractivity contribution in [2.24, 2.45) is 0 Å². The minimum atomic E-state index is 0.0396. The van der Waals surface area contributed by atoms with E-state index >= 15 is 0 Å². The monoisotopic (exact) mass is 208 g/mol. The first-order valence-corrected chi connectivity index (χ1v) is 4.71. The van der Waals surface area contributed by atoms with Gasteiger partial charge >= 0.3 is 0 Å². The Balaban J connectivity index is 2.54. The molecule has 0 heterocycles. The van der Waals surface area contributed by atoms with Gasteiger partial charge in [-0.05, 0) is 12.1 Å². The van der Waals surface area contributed by atoms with Gasteiger partial charge in [0.1, 0.15) is 5.75 Å². The smallest absolute Gasteiger partial charge is 0.241 e. The Bertz CT molecular complexity index is 337. The summed E-state index contributed by atoms with van der Waals surface area (Å²) in [6.07, 6.45) is 0. The zero-order valence-corrected chi connectivity index (χ0v) is 9.28. The first-order chi connectivity index (χ1) is 7.13. The number of carbonyl (C=O) groups excluding carboxylic acids is 1. The summed E-state index contributed by atoms with van der Waals surface area (Å²) in [6.45, 7) is 0.292. The van der Waals surface area contributed by atoms with E-state index in [9.17, 15) is 4.79 Å². The van der Waals surface area contributed by atoms with Crippen LogP contribution in [0.5, 0.6) is 5.75 Å². The lowest BCUT2D eigenvalue weighted by Gasteiger charge is -2.12. The first kappa shape index (κ1) is 11.4. The molecule has 0 radical (unpaired) electrons. The molecule has 1 rings (SSSR count). The maximum absolute atomic E-state index is 11.3. The summed E-state index contributed by atoms with van der Waals surface area (Å²) in [5.41, 5.74) is 0.879. The molecule has 0 fully saturated rings. The van der Waals surface area contributed by atoms with E-state index in [1.54, 1.807) is 26.1 Å². The van der Waals surface area contributed by atoms with Gasteiger partial charge < -0.3 is 15.0 Å². The molecule has 0 unspecified atom stereocenters. The van der Waals surface area contributed by atoms with Gasteiger partial charge in [-0.25, -0.2) is 0 Å². The molecule has 1 aromatic carbocycles. The molecule has 4 heteroatoms. The van der Waals surface area contributed by atoms with Gasteiger partial charge in [-0.3, -0.25) is 4.79 Å². The van der Waals surface area contributed by atoms with E-state index in [2.05, 4.69) is 5.32 Å². The maximum atomic E-state index is 11.3. The van der Waals surface area contributed by atoms with Crippen LogP contribution in [0.3, 0.4) is 0 Å². The van der Waals surface area contributed by atoms with Crippen molar-refractivity contribution in [1.29, 1.82) is 0 Å². The van der Waals surface area contributed by atoms with Crippen LogP contribution in [0.1, 0.15) is 0 Å². The highest BCUT2D eigenvalue weighted by atomic mass is 16.5. The predicted molar refractivity (Wildman–Crippen MR) is 60.2 cm³/mol. The lowest BCUT2D eigenvalue weighted by Crippen LogP contribution is -2.28. The maximum Gasteiger partial charge on any atom is 0.241 e. The topological polar surface area (TPSA) is 41.6 Å². The van der Waals surface area contributed by atoms with Gasteiger partial charge in [-0.15, -0.1) is 0 Å². The number of anilines is 1. The number of likely N-dealkylation sites (N-methyl/N-ethyl adjacent to an activating group) is 1. The number of carbonyl (C=O) groups is 1. The summed E-state index contributed by atoms with van der Waals surface area (Å²) < 4.78 is 5.07. The molecule has 1 amide bonds. The van der Waals surface area contributed by atoms with Crippen LogP contribution >= 0.6 is 0 Å². The zero-order valence-electron chi connectivity index (χ0n) is 9.28. The molecule has 82 valence electrons. The highest BCUT2D eigenvalue weighted by molar-refractivity contribution is 5.80. The van der Waals surface area contributed by atoms with Crippen LogP contribution < -0.4 is 10.1 Å². The average Bonchev–Trinajstić information content (AvgIpc) is 2.26. The van der Waals surface area contributed by atoms with Crippen molar-refractivity contribution in [3.8, 4) is 5.75 Å². The van der Waals surface area contributed by atoms with Gasteiger partial charge in [-0.2, -0.15) is 0 Å². The Labute approximate surface area is 89.8 Å². The molecule has 4 nitrogen and oxygen atoms in total. The molecular weight excluding hydrogens is 192 g/mol. The van der Waals surface area contributed by atoms with Crippen molar-refractivity contribution < 1.29 is 9.53 Å². The third-order valence-electron chi connectivity index (χ3n) is 2.01. The molecule has 0 aliphatic heterocycles. The molecular formula is C11H16N2O2. The molecule has 0 saturated carbocycles. The van der Waals surface area contributed by atoms with E-state index in [1.165, 1.54) is 0 Å². The van der Waals surface area contributed by atoms with Crippen LogP contribution in [0, 0.1) is 0 Å². The summed E-state index contributed by atoms with van der Waals surface area (Å²) >= 11 is 0. The number of methoxy groups -OCH3 is 1. The van der Waals surface area contributed by atoms with E-state index in [-0.39, 0.29) is 5.91 Å². The number of nitrogens with one attached hydrogen (secondary N) is 1. The molecule has 15 heavy (non-hydrogen) atoms. The summed E-state index contributed by atoms with van der Waals surface area (Å²) in [4.78, 5) is 12.9. The molecule has 0 aliphatic carbocycles. The van der Waals surface area contributed by atoms with E-state index < -0.39 is 0 Å². The first-order valence-electron chi connectivity index (χ1n) is 4.71. The molecule has 0 spiro atoms. The van der Waals surface area contributed by atoms with Gasteiger partial charge in [0.25, 0.3) is 0 Å². The van der Waals surface area contributed by atoms with Gasteiger partial charge in [0.15, 0.2) is 0 Å². The fraction of sp³-hybridized carbons (Fsp3) is 0.364. The summed E-state index contributed by atoms with van der Waals surface area (Å²) in [5.74, 6) is 0.815. The fourth-order valence-electron chi connectivity index (χ4n) is 1.07. The van der Waals surface area contributed by atoms with Gasteiger partial charge in [0.2, 0.25) is 5.91 Å². The Kier molecular flexibility index (Phi) is 3.97. The van der Waals surface area contributed by atoms with Gasteiger partial charge in [0, 0.05) is 25.8 Å². The zero-order chi connectivity index (χ0) is 11.3. The van der Waals surface area contributed by atoms with Crippen molar-refractivity contribution in [1.82, 2.24) is 4.90 Å². The van der Waals surface area contributed by atoms with Crippen LogP contribution in [-0.2, 0) is 4.79 Å². The number of hydrogen-bond acceptors (Lipinski definition) is 3. The lowest BCUT2D eigenvalue weighted by atomic mass is 10.3. The third kappa shape index (κ3) is 3.50. The van der Waals surface area contributed by atoms with E-state index in [1.807, 2.05) is 24.3 Å². The molecule has 1 N–H and O–H groups in total. The number of benzene rings is 1. The second-order valence-electron chi connectivity index (χ2n) is 3.37. The summed E-state index contributed by atoms with van der Waals surface area (Å²) in [6, 6.07) is 7.48. The van der Waals surface area contributed by atoms with Crippen molar-refractivity contribution in [2.75, 3.05) is 33.1 Å². The fourth-order valence-corrected chi connectivity index (χ4v) is 1.07. The Morgan fingerprint density at radius 1 is 1.47 bits per heavy atom. The van der Waals surface area contributed by atoms with Crippen LogP contribution in [0.25, 0.3) is 0 Å². The molecule has 0 atom stereocenters. The Morgan fingerprint density at radius 2 is 2.20 bits per heavy atom. The van der Waals surface area contributed by atoms with E-state index in [0.717, 1.165) is 11.4 Å². The highest BCUT2D eigenvalue weighted by Crippen LogP contribution is 2.16. The van der Waals surface area contributed by atoms with Crippen LogP contribution in [0.4, 0.5) is 5.69 Å². The van der Waals surface area contributed by atoms with E-state index in [0.29, 0.717) is 6.54 Å². The summed E-state index contributed by atoms with van der Waals surface area (Å²) in [5, 5.41) is 3.03. The molecule has 0 bridgehead atoms. The minimum Gasteiger partial charge on any atom is -0.497 e. The van der Waals surface area contributed by atoms with Crippen molar-refractivity contribution in [3.63, 3.8) is 0 Å². The standard InChI is InChI=1S/C11H16N2O2/c1-13(2)11(14)8-12-9-5-4-6-10(7-9)15-3/h4-7,12H,8H2,1-3H3. The van der Waals surface area contributed by atoms with Crippen LogP contribution in [0.15, 0.2) is 24.3 Å².